The molecule has 1 aliphatic carbocycles. The molecule has 1 aliphatic rings. The predicted octanol–water partition coefficient (Wildman–Crippen LogP) is 7.89. The Kier molecular flexibility index (Phi) is 9.29. The minimum Gasteiger partial charge on any atom is -0.411 e. The van der Waals surface area contributed by atoms with E-state index in [9.17, 15) is 0 Å². The van der Waals surface area contributed by atoms with Gasteiger partial charge in [-0.1, -0.05) is 109 Å². The average molecular weight is 569 g/mol. The first-order valence-electron chi connectivity index (χ1n) is 14.2. The van der Waals surface area contributed by atoms with E-state index in [1.165, 1.54) is 10.4 Å². The molecule has 0 saturated heterocycles. The van der Waals surface area contributed by atoms with E-state index < -0.39 is 25.0 Å². The molecule has 3 rings (SSSR count). The van der Waals surface area contributed by atoms with Crippen molar-refractivity contribution in [3.8, 4) is 0 Å². The van der Waals surface area contributed by atoms with Crippen LogP contribution in [0.3, 0.4) is 0 Å². The van der Waals surface area contributed by atoms with Gasteiger partial charge in [0, 0.05) is 12.8 Å². The van der Waals surface area contributed by atoms with Crippen LogP contribution >= 0.6 is 0 Å². The van der Waals surface area contributed by atoms with E-state index in [0.29, 0.717) is 0 Å². The molecule has 0 bridgehead atoms. The lowest BCUT2D eigenvalue weighted by molar-refractivity contribution is 0.0349. The molecule has 0 aliphatic heterocycles. The third-order valence-corrected chi connectivity index (χ3v) is 18.9. The van der Waals surface area contributed by atoms with Gasteiger partial charge in [-0.2, -0.15) is 0 Å². The number of rotatable bonds is 8. The Morgan fingerprint density at radius 3 is 1.42 bits per heavy atom. The topological polar surface area (TPSA) is 27.7 Å². The fraction of sp³-hybridized carbons (Fsp3) is 0.562. The van der Waals surface area contributed by atoms with Crippen molar-refractivity contribution in [2.24, 2.45) is 0 Å². The van der Waals surface area contributed by atoms with Crippen molar-refractivity contribution in [1.82, 2.24) is 0 Å². The van der Waals surface area contributed by atoms with Crippen LogP contribution in [0.2, 0.25) is 42.8 Å². The number of hydrogen-bond donors (Lipinski definition) is 0. The van der Waals surface area contributed by atoms with E-state index in [1.54, 1.807) is 0 Å². The summed E-state index contributed by atoms with van der Waals surface area (Å²) in [4.78, 5) is 0. The summed E-state index contributed by atoms with van der Waals surface area (Å²) in [7, 11) is -6.53. The molecule has 0 radical (unpaired) electrons. The first-order valence-corrected chi connectivity index (χ1v) is 22.4. The summed E-state index contributed by atoms with van der Waals surface area (Å²) in [6.07, 6.45) is 1.55. The van der Waals surface area contributed by atoms with E-state index in [1.807, 2.05) is 0 Å². The van der Waals surface area contributed by atoms with Crippen molar-refractivity contribution in [3.63, 3.8) is 0 Å². The molecular formula is C32H52O3Si3. The van der Waals surface area contributed by atoms with E-state index in [-0.39, 0.29) is 28.4 Å². The van der Waals surface area contributed by atoms with Crippen molar-refractivity contribution in [2.45, 2.75) is 116 Å². The summed E-state index contributed by atoms with van der Waals surface area (Å²) in [5.41, 5.74) is 1.10. The molecule has 0 amide bonds. The van der Waals surface area contributed by atoms with Crippen LogP contribution in [0.5, 0.6) is 0 Å². The van der Waals surface area contributed by atoms with Crippen molar-refractivity contribution < 1.29 is 13.3 Å². The molecule has 0 heterocycles. The van der Waals surface area contributed by atoms with Crippen molar-refractivity contribution >= 4 is 35.3 Å². The highest BCUT2D eigenvalue weighted by Gasteiger charge is 2.53. The Labute approximate surface area is 236 Å². The number of hydrogen-bond acceptors (Lipinski definition) is 3. The van der Waals surface area contributed by atoms with Gasteiger partial charge in [0.25, 0.3) is 8.32 Å². The average Bonchev–Trinajstić information content (AvgIpc) is 2.79. The van der Waals surface area contributed by atoms with Gasteiger partial charge in [-0.3, -0.25) is 0 Å². The zero-order chi connectivity index (χ0) is 28.6. The van der Waals surface area contributed by atoms with Crippen LogP contribution in [-0.2, 0) is 13.3 Å². The van der Waals surface area contributed by atoms with Crippen LogP contribution in [0.15, 0.2) is 72.8 Å². The maximum atomic E-state index is 7.61. The second kappa shape index (κ2) is 11.3. The molecule has 0 aromatic heterocycles. The van der Waals surface area contributed by atoms with E-state index >= 15 is 0 Å². The van der Waals surface area contributed by atoms with Gasteiger partial charge in [0.05, 0.1) is 18.3 Å². The normalized spacial score (nSPS) is 22.0. The van der Waals surface area contributed by atoms with Gasteiger partial charge in [0.2, 0.25) is 0 Å². The van der Waals surface area contributed by atoms with E-state index in [0.717, 1.165) is 18.4 Å². The molecule has 3 nitrogen and oxygen atoms in total. The molecule has 6 heteroatoms. The minimum atomic E-state index is -2.69. The van der Waals surface area contributed by atoms with Gasteiger partial charge >= 0.3 is 0 Å². The fourth-order valence-corrected chi connectivity index (χ4v) is 12.4. The van der Waals surface area contributed by atoms with Gasteiger partial charge in [0.15, 0.2) is 16.6 Å². The van der Waals surface area contributed by atoms with E-state index in [2.05, 4.69) is 142 Å². The lowest BCUT2D eigenvalue weighted by atomic mass is 9.89. The molecule has 2 aromatic carbocycles. The standard InChI is InChI=1S/C32H52O3Si3/c1-25-29(34-36(8,9)10)23-26(24-30(25)35-37(11,12)31(2,3)4)33-38(32(5,6)7,27-19-15-13-16-20-27)28-21-17-14-18-22-28/h13-22,26,29-30H,1,23-24H2,2-12H3/t26-,29+,30-/m1/s1. The summed E-state index contributed by atoms with van der Waals surface area (Å²) < 4.78 is 21.4. The van der Waals surface area contributed by atoms with Crippen LogP contribution in [0.1, 0.15) is 54.4 Å². The Hall–Kier alpha value is -1.29. The molecule has 3 atom stereocenters. The first kappa shape index (κ1) is 31.2. The highest BCUT2D eigenvalue weighted by atomic mass is 28.4. The van der Waals surface area contributed by atoms with Crippen molar-refractivity contribution in [3.05, 3.63) is 72.8 Å². The fourth-order valence-electron chi connectivity index (χ4n) is 5.33. The molecule has 38 heavy (non-hydrogen) atoms. The smallest absolute Gasteiger partial charge is 0.261 e. The largest absolute Gasteiger partial charge is 0.411 e. The minimum absolute atomic E-state index is 0.0166. The molecule has 0 unspecified atom stereocenters. The monoisotopic (exact) mass is 568 g/mol. The van der Waals surface area contributed by atoms with Gasteiger partial charge < -0.3 is 13.3 Å². The summed E-state index contributed by atoms with van der Waals surface area (Å²) >= 11 is 0. The molecule has 2 aromatic rings. The quantitative estimate of drug-likeness (QED) is 0.239. The lowest BCUT2D eigenvalue weighted by Gasteiger charge is -2.49. The highest BCUT2D eigenvalue weighted by molar-refractivity contribution is 6.99. The number of benzene rings is 2. The van der Waals surface area contributed by atoms with Crippen molar-refractivity contribution in [1.29, 1.82) is 0 Å². The molecule has 1 saturated carbocycles. The molecule has 210 valence electrons. The Bertz CT molecular complexity index is 1020. The van der Waals surface area contributed by atoms with Crippen LogP contribution in [-0.4, -0.2) is 43.3 Å². The second-order valence-electron chi connectivity index (χ2n) is 14.5. The lowest BCUT2D eigenvalue weighted by Crippen LogP contribution is -2.68. The summed E-state index contributed by atoms with van der Waals surface area (Å²) in [5, 5.41) is 2.67. The summed E-state index contributed by atoms with van der Waals surface area (Å²) in [6.45, 7) is 30.0. The van der Waals surface area contributed by atoms with Crippen LogP contribution < -0.4 is 10.4 Å². The Morgan fingerprint density at radius 2 is 1.05 bits per heavy atom. The van der Waals surface area contributed by atoms with Gasteiger partial charge in [-0.05, 0) is 58.8 Å². The van der Waals surface area contributed by atoms with E-state index in [4.69, 9.17) is 13.3 Å². The zero-order valence-electron chi connectivity index (χ0n) is 25.9. The highest BCUT2D eigenvalue weighted by Crippen LogP contribution is 2.43. The second-order valence-corrected chi connectivity index (χ2v) is 28.0. The van der Waals surface area contributed by atoms with Gasteiger partial charge in [0.1, 0.15) is 0 Å². The van der Waals surface area contributed by atoms with Crippen LogP contribution in [0.25, 0.3) is 0 Å². The summed E-state index contributed by atoms with van der Waals surface area (Å²) in [6, 6.07) is 21.9. The van der Waals surface area contributed by atoms with Crippen LogP contribution in [0.4, 0.5) is 0 Å². The molecular weight excluding hydrogens is 517 g/mol. The van der Waals surface area contributed by atoms with Gasteiger partial charge in [-0.25, -0.2) is 0 Å². The zero-order valence-corrected chi connectivity index (χ0v) is 28.9. The molecule has 0 N–H and O–H groups in total. The Morgan fingerprint density at radius 1 is 0.632 bits per heavy atom. The maximum Gasteiger partial charge on any atom is 0.261 e. The SMILES string of the molecule is C=C1[C@@H](O[Si](C)(C)C)C[C@@H](O[Si](c2ccccc2)(c2ccccc2)C(C)(C)C)C[C@H]1O[Si](C)(C)C(C)(C)C. The molecule has 0 spiro atoms. The van der Waals surface area contributed by atoms with Gasteiger partial charge in [-0.15, -0.1) is 0 Å². The van der Waals surface area contributed by atoms with Crippen LogP contribution in [0, 0.1) is 0 Å². The van der Waals surface area contributed by atoms with Crippen molar-refractivity contribution in [2.75, 3.05) is 0 Å². The third-order valence-electron chi connectivity index (χ3n) is 8.28. The molecule has 1 fully saturated rings. The first-order chi connectivity index (χ1) is 17.4. The predicted molar refractivity (Wildman–Crippen MR) is 171 cm³/mol. The third kappa shape index (κ3) is 6.88. The Balaban J connectivity index is 2.10. The maximum absolute atomic E-state index is 7.61. The summed E-state index contributed by atoms with van der Waals surface area (Å²) in [5.74, 6) is 0.